The number of nitrogens with one attached hydrogen (secondary N) is 1. The maximum absolute atomic E-state index is 11.9. The first kappa shape index (κ1) is 11.0. The van der Waals surface area contributed by atoms with E-state index < -0.39 is 0 Å². The van der Waals surface area contributed by atoms with Crippen LogP contribution in [0, 0.1) is 0 Å². The molecule has 1 aromatic heterocycles. The molecule has 1 aromatic rings. The zero-order valence-corrected chi connectivity index (χ0v) is 10.5. The van der Waals surface area contributed by atoms with Crippen LogP contribution in [0.1, 0.15) is 42.3 Å². The molecule has 0 saturated heterocycles. The molecule has 0 aliphatic heterocycles. The monoisotopic (exact) mass is 241 g/mol. The maximum Gasteiger partial charge on any atom is 0.261 e. The highest BCUT2D eigenvalue weighted by Gasteiger charge is 2.30. The van der Waals surface area contributed by atoms with Gasteiger partial charge in [-0.15, -0.1) is 24.0 Å². The van der Waals surface area contributed by atoms with E-state index in [1.54, 1.807) is 0 Å². The molecule has 15 heavy (non-hydrogen) atoms. The van der Waals surface area contributed by atoms with Crippen LogP contribution < -0.4 is 5.32 Å². The van der Waals surface area contributed by atoms with Crippen LogP contribution in [0.4, 0.5) is 0 Å². The second-order valence-corrected chi connectivity index (χ2v) is 5.82. The van der Waals surface area contributed by atoms with Gasteiger partial charge in [0.1, 0.15) is 0 Å². The number of thiol groups is 1. The first-order valence-corrected chi connectivity index (χ1v) is 6.52. The predicted molar refractivity (Wildman–Crippen MR) is 65.9 cm³/mol. The van der Waals surface area contributed by atoms with Crippen molar-refractivity contribution in [3.05, 3.63) is 16.3 Å². The van der Waals surface area contributed by atoms with Crippen LogP contribution in [0.25, 0.3) is 0 Å². The summed E-state index contributed by atoms with van der Waals surface area (Å²) in [5.41, 5.74) is 0.0117. The predicted octanol–water partition coefficient (Wildman–Crippen LogP) is 3.10. The van der Waals surface area contributed by atoms with E-state index in [9.17, 15) is 4.79 Å². The molecular weight excluding hydrogens is 226 g/mol. The zero-order valence-electron chi connectivity index (χ0n) is 8.75. The van der Waals surface area contributed by atoms with Crippen molar-refractivity contribution in [3.8, 4) is 0 Å². The molecule has 0 bridgehead atoms. The Balaban J connectivity index is 2.03. The summed E-state index contributed by atoms with van der Waals surface area (Å²) in [7, 11) is 0. The SMILES string of the molecule is CC1(NC(=O)c2cc(S)cs2)CCCC1. The molecule has 1 heterocycles. The van der Waals surface area contributed by atoms with E-state index in [-0.39, 0.29) is 11.4 Å². The van der Waals surface area contributed by atoms with Crippen LogP contribution in [0.5, 0.6) is 0 Å². The van der Waals surface area contributed by atoms with Gasteiger partial charge in [0.2, 0.25) is 0 Å². The third-order valence-electron chi connectivity index (χ3n) is 2.93. The first-order valence-electron chi connectivity index (χ1n) is 5.19. The fraction of sp³-hybridized carbons (Fsp3) is 0.545. The fourth-order valence-electron chi connectivity index (χ4n) is 2.06. The van der Waals surface area contributed by atoms with E-state index in [1.165, 1.54) is 24.2 Å². The highest BCUT2D eigenvalue weighted by atomic mass is 32.1. The van der Waals surface area contributed by atoms with Crippen LogP contribution in [0.15, 0.2) is 16.3 Å². The number of carbonyl (C=O) groups excluding carboxylic acids is 1. The van der Waals surface area contributed by atoms with Crippen molar-refractivity contribution in [1.82, 2.24) is 5.32 Å². The van der Waals surface area contributed by atoms with Crippen LogP contribution >= 0.6 is 24.0 Å². The van der Waals surface area contributed by atoms with Gasteiger partial charge in [-0.2, -0.15) is 0 Å². The quantitative estimate of drug-likeness (QED) is 0.765. The molecule has 1 amide bonds. The standard InChI is InChI=1S/C11H15NOS2/c1-11(4-2-3-5-11)12-10(13)9-6-8(14)7-15-9/h6-7,14H,2-5H2,1H3,(H,12,13). The van der Waals surface area contributed by atoms with E-state index in [4.69, 9.17) is 0 Å². The number of amides is 1. The molecule has 4 heteroatoms. The lowest BCUT2D eigenvalue weighted by Gasteiger charge is -2.24. The molecule has 82 valence electrons. The summed E-state index contributed by atoms with van der Waals surface area (Å²) in [4.78, 5) is 13.5. The maximum atomic E-state index is 11.9. The van der Waals surface area contributed by atoms with Gasteiger partial charge in [-0.3, -0.25) is 4.79 Å². The lowest BCUT2D eigenvalue weighted by atomic mass is 10.0. The summed E-state index contributed by atoms with van der Waals surface area (Å²) in [5, 5.41) is 5.01. The molecule has 1 saturated carbocycles. The minimum Gasteiger partial charge on any atom is -0.346 e. The van der Waals surface area contributed by atoms with Gasteiger partial charge < -0.3 is 5.32 Å². The van der Waals surface area contributed by atoms with E-state index in [0.29, 0.717) is 0 Å². The van der Waals surface area contributed by atoms with Crippen molar-refractivity contribution in [2.45, 2.75) is 43.0 Å². The summed E-state index contributed by atoms with van der Waals surface area (Å²) in [6.07, 6.45) is 4.63. The van der Waals surface area contributed by atoms with Gasteiger partial charge >= 0.3 is 0 Å². The average Bonchev–Trinajstić information content (AvgIpc) is 2.75. The Kier molecular flexibility index (Phi) is 3.07. The Hall–Kier alpha value is -0.480. The molecule has 1 N–H and O–H groups in total. The van der Waals surface area contributed by atoms with Crippen LogP contribution in [0.2, 0.25) is 0 Å². The van der Waals surface area contributed by atoms with Crippen molar-refractivity contribution in [3.63, 3.8) is 0 Å². The Morgan fingerprint density at radius 3 is 2.73 bits per heavy atom. The van der Waals surface area contributed by atoms with E-state index in [1.807, 2.05) is 11.4 Å². The second kappa shape index (κ2) is 4.18. The topological polar surface area (TPSA) is 29.1 Å². The number of carbonyl (C=O) groups is 1. The van der Waals surface area contributed by atoms with E-state index in [0.717, 1.165) is 22.6 Å². The molecule has 0 radical (unpaired) electrons. The summed E-state index contributed by atoms with van der Waals surface area (Å²) in [6, 6.07) is 1.82. The van der Waals surface area contributed by atoms with Crippen molar-refractivity contribution in [2.24, 2.45) is 0 Å². The highest BCUT2D eigenvalue weighted by Crippen LogP contribution is 2.29. The number of hydrogen-bond acceptors (Lipinski definition) is 3. The van der Waals surface area contributed by atoms with Crippen molar-refractivity contribution < 1.29 is 4.79 Å². The summed E-state index contributed by atoms with van der Waals surface area (Å²) in [6.45, 7) is 2.13. The van der Waals surface area contributed by atoms with Gasteiger partial charge in [0, 0.05) is 15.8 Å². The van der Waals surface area contributed by atoms with Gasteiger partial charge in [0.05, 0.1) is 4.88 Å². The van der Waals surface area contributed by atoms with Crippen molar-refractivity contribution >= 4 is 29.9 Å². The van der Waals surface area contributed by atoms with Gasteiger partial charge in [-0.05, 0) is 25.8 Å². The third kappa shape index (κ3) is 2.55. The van der Waals surface area contributed by atoms with Crippen LogP contribution in [-0.4, -0.2) is 11.4 Å². The van der Waals surface area contributed by atoms with E-state index in [2.05, 4.69) is 24.9 Å². The normalized spacial score (nSPS) is 19.1. The molecule has 0 aromatic carbocycles. The molecule has 0 atom stereocenters. The summed E-state index contributed by atoms with van der Waals surface area (Å²) < 4.78 is 0. The average molecular weight is 241 g/mol. The molecule has 1 fully saturated rings. The molecule has 0 spiro atoms. The Bertz CT molecular complexity index is 366. The van der Waals surface area contributed by atoms with Crippen LogP contribution in [0.3, 0.4) is 0 Å². The van der Waals surface area contributed by atoms with E-state index >= 15 is 0 Å². The highest BCUT2D eigenvalue weighted by molar-refractivity contribution is 7.80. The van der Waals surface area contributed by atoms with Crippen LogP contribution in [-0.2, 0) is 0 Å². The van der Waals surface area contributed by atoms with Gasteiger partial charge in [-0.1, -0.05) is 12.8 Å². The van der Waals surface area contributed by atoms with Gasteiger partial charge in [0.15, 0.2) is 0 Å². The fourth-order valence-corrected chi connectivity index (χ4v) is 3.10. The molecule has 1 aliphatic rings. The smallest absolute Gasteiger partial charge is 0.261 e. The lowest BCUT2D eigenvalue weighted by Crippen LogP contribution is -2.43. The third-order valence-corrected chi connectivity index (χ3v) is 4.29. The molecular formula is C11H15NOS2. The Labute approximate surface area is 99.5 Å². The summed E-state index contributed by atoms with van der Waals surface area (Å²) >= 11 is 5.65. The first-order chi connectivity index (χ1) is 7.09. The van der Waals surface area contributed by atoms with Gasteiger partial charge in [-0.25, -0.2) is 0 Å². The molecule has 2 rings (SSSR count). The van der Waals surface area contributed by atoms with Crippen molar-refractivity contribution in [1.29, 1.82) is 0 Å². The minimum atomic E-state index is 0.0117. The van der Waals surface area contributed by atoms with Crippen molar-refractivity contribution in [2.75, 3.05) is 0 Å². The largest absolute Gasteiger partial charge is 0.346 e. The second-order valence-electron chi connectivity index (χ2n) is 4.39. The Morgan fingerprint density at radius 2 is 2.20 bits per heavy atom. The molecule has 1 aliphatic carbocycles. The number of rotatable bonds is 2. The minimum absolute atomic E-state index is 0.0117. The molecule has 2 nitrogen and oxygen atoms in total. The van der Waals surface area contributed by atoms with Gasteiger partial charge in [0.25, 0.3) is 5.91 Å². The lowest BCUT2D eigenvalue weighted by molar-refractivity contribution is 0.0912. The zero-order chi connectivity index (χ0) is 10.9. The Morgan fingerprint density at radius 1 is 1.53 bits per heavy atom. The summed E-state index contributed by atoms with van der Waals surface area (Å²) in [5.74, 6) is 0.0460. The molecule has 0 unspecified atom stereocenters. The number of thiophene rings is 1. The number of hydrogen-bond donors (Lipinski definition) is 2.